The van der Waals surface area contributed by atoms with Gasteiger partial charge < -0.3 is 5.73 Å². The molecule has 0 rings (SSSR count). The lowest BCUT2D eigenvalue weighted by molar-refractivity contribution is -0.445. The summed E-state index contributed by atoms with van der Waals surface area (Å²) in [7, 11) is 0. The van der Waals surface area contributed by atoms with Gasteiger partial charge >= 0.3 is 0 Å². The van der Waals surface area contributed by atoms with Crippen LogP contribution in [0.25, 0.3) is 0 Å². The average molecular weight is 126 g/mol. The molecule has 0 aromatic heterocycles. The van der Waals surface area contributed by atoms with E-state index in [0.29, 0.717) is 0 Å². The fraction of sp³-hybridized carbons (Fsp3) is 0.333. The van der Waals surface area contributed by atoms with Gasteiger partial charge in [-0.3, -0.25) is 4.99 Å². The maximum Gasteiger partial charge on any atom is 0.290 e. The molecule has 0 saturated carbocycles. The number of rotatable bonds is 2. The number of hydrogen-bond acceptors (Lipinski definition) is 0. The van der Waals surface area contributed by atoms with E-state index in [1.165, 1.54) is 6.34 Å². The molecule has 0 saturated heterocycles. The van der Waals surface area contributed by atoms with Crippen molar-refractivity contribution in [3.8, 4) is 0 Å². The van der Waals surface area contributed by atoms with Crippen LogP contribution in [-0.4, -0.2) is 18.7 Å². The first-order valence-electron chi connectivity index (χ1n) is 2.74. The highest BCUT2D eigenvalue weighted by Crippen LogP contribution is 1.58. The summed E-state index contributed by atoms with van der Waals surface area (Å²) in [4.78, 5) is 6.73. The first-order chi connectivity index (χ1) is 4.31. The average Bonchev–Trinajstić information content (AvgIpc) is 1.85. The van der Waals surface area contributed by atoms with E-state index in [1.807, 2.05) is 6.92 Å². The number of nitrogens with one attached hydrogen (secondary N) is 1. The minimum absolute atomic E-state index is 0.725. The fourth-order valence-electron chi connectivity index (χ4n) is 0.377. The van der Waals surface area contributed by atoms with E-state index < -0.39 is 0 Å². The van der Waals surface area contributed by atoms with E-state index in [2.05, 4.69) is 16.6 Å². The Labute approximate surface area is 55.0 Å². The molecular formula is C6H12N3+. The summed E-state index contributed by atoms with van der Waals surface area (Å²) >= 11 is 0. The summed E-state index contributed by atoms with van der Waals surface area (Å²) in [6.45, 7) is 6.10. The molecule has 0 heterocycles. The van der Waals surface area contributed by atoms with Gasteiger partial charge in [0.15, 0.2) is 0 Å². The van der Waals surface area contributed by atoms with Crippen LogP contribution in [0.1, 0.15) is 6.92 Å². The molecule has 0 bridgehead atoms. The summed E-state index contributed by atoms with van der Waals surface area (Å²) in [5.74, 6) is 0.803. The number of aliphatic imine (C=N–C) groups is 1. The van der Waals surface area contributed by atoms with Gasteiger partial charge in [0.25, 0.3) is 5.84 Å². The van der Waals surface area contributed by atoms with Crippen molar-refractivity contribution in [1.82, 2.24) is 0 Å². The summed E-state index contributed by atoms with van der Waals surface area (Å²) in [6, 6.07) is 0. The van der Waals surface area contributed by atoms with Crippen molar-refractivity contribution in [2.45, 2.75) is 6.92 Å². The van der Waals surface area contributed by atoms with Crippen molar-refractivity contribution in [1.29, 1.82) is 0 Å². The third kappa shape index (κ3) is 4.74. The lowest BCUT2D eigenvalue weighted by Crippen LogP contribution is -2.71. The Hall–Kier alpha value is -1.12. The second-order valence-electron chi connectivity index (χ2n) is 1.53. The molecular weight excluding hydrogens is 114 g/mol. The predicted molar refractivity (Wildman–Crippen MR) is 39.4 cm³/mol. The van der Waals surface area contributed by atoms with Crippen LogP contribution >= 0.6 is 0 Å². The van der Waals surface area contributed by atoms with Gasteiger partial charge in [0.2, 0.25) is 6.34 Å². The van der Waals surface area contributed by atoms with Gasteiger partial charge in [-0.1, -0.05) is 12.7 Å². The van der Waals surface area contributed by atoms with Crippen LogP contribution in [0.3, 0.4) is 0 Å². The van der Waals surface area contributed by atoms with Gasteiger partial charge in [0, 0.05) is 6.92 Å². The third-order valence-electron chi connectivity index (χ3n) is 0.770. The molecule has 0 aromatic carbocycles. The first kappa shape index (κ1) is 7.88. The second kappa shape index (κ2) is 5.03. The zero-order valence-electron chi connectivity index (χ0n) is 5.59. The van der Waals surface area contributed by atoms with Gasteiger partial charge in [-0.05, 0) is 4.99 Å². The molecule has 0 aliphatic carbocycles. The van der Waals surface area contributed by atoms with Crippen molar-refractivity contribution in [2.24, 2.45) is 10.7 Å². The molecule has 0 amide bonds. The van der Waals surface area contributed by atoms with E-state index in [9.17, 15) is 0 Å². The molecule has 0 radical (unpaired) electrons. The molecule has 3 heteroatoms. The zero-order chi connectivity index (χ0) is 7.11. The van der Waals surface area contributed by atoms with Gasteiger partial charge in [-0.25, -0.2) is 0 Å². The number of hydrogen-bond donors (Lipinski definition) is 2. The minimum Gasteiger partial charge on any atom is -0.369 e. The molecule has 0 spiro atoms. The van der Waals surface area contributed by atoms with E-state index in [-0.39, 0.29) is 0 Å². The summed E-state index contributed by atoms with van der Waals surface area (Å²) in [5, 5.41) is 0. The maximum atomic E-state index is 5.02. The van der Waals surface area contributed by atoms with Crippen molar-refractivity contribution >= 4 is 12.2 Å². The Morgan fingerprint density at radius 1 is 1.89 bits per heavy atom. The van der Waals surface area contributed by atoms with E-state index >= 15 is 0 Å². The van der Waals surface area contributed by atoms with E-state index in [1.54, 1.807) is 6.08 Å². The molecule has 3 N–H and O–H groups in total. The first-order valence-corrected chi connectivity index (χ1v) is 2.74. The Morgan fingerprint density at radius 3 is 3.00 bits per heavy atom. The topological polar surface area (TPSA) is 52.3 Å². The molecule has 0 unspecified atom stereocenters. The molecule has 0 atom stereocenters. The number of nitrogens with two attached hydrogens (primary N) is 1. The molecule has 50 valence electrons. The Morgan fingerprint density at radius 2 is 2.56 bits per heavy atom. The number of nitrogens with zero attached hydrogens (tertiary/aromatic N) is 1. The number of amidine groups is 1. The van der Waals surface area contributed by atoms with Crippen molar-refractivity contribution in [3.05, 3.63) is 12.7 Å². The van der Waals surface area contributed by atoms with Crippen LogP contribution in [0, 0.1) is 0 Å². The molecule has 0 aliphatic heterocycles. The molecule has 0 aromatic rings. The third-order valence-corrected chi connectivity index (χ3v) is 0.770. The van der Waals surface area contributed by atoms with Gasteiger partial charge in [0.05, 0.1) is 0 Å². The lowest BCUT2D eigenvalue weighted by Gasteiger charge is -1.77. The fourth-order valence-corrected chi connectivity index (χ4v) is 0.377. The molecule has 9 heavy (non-hydrogen) atoms. The smallest absolute Gasteiger partial charge is 0.290 e. The van der Waals surface area contributed by atoms with Crippen LogP contribution in [0.5, 0.6) is 0 Å². The molecule has 0 aliphatic rings. The monoisotopic (exact) mass is 126 g/mol. The zero-order valence-corrected chi connectivity index (χ0v) is 5.59. The highest BCUT2D eigenvalue weighted by atomic mass is 14.9. The van der Waals surface area contributed by atoms with Crippen LogP contribution in [0.4, 0.5) is 0 Å². The van der Waals surface area contributed by atoms with Crippen LogP contribution < -0.4 is 10.7 Å². The van der Waals surface area contributed by atoms with Gasteiger partial charge in [0.1, 0.15) is 6.54 Å². The Bertz CT molecular complexity index is 135. The quantitative estimate of drug-likeness (QED) is 0.268. The summed E-state index contributed by atoms with van der Waals surface area (Å²) in [6.07, 6.45) is 3.01. The SMILES string of the molecule is C=CC[NH+]=C(C)N=CN. The second-order valence-corrected chi connectivity index (χ2v) is 1.53. The lowest BCUT2D eigenvalue weighted by atomic mass is 10.6. The van der Waals surface area contributed by atoms with Crippen molar-refractivity contribution in [2.75, 3.05) is 6.54 Å². The highest BCUT2D eigenvalue weighted by molar-refractivity contribution is 5.81. The van der Waals surface area contributed by atoms with Gasteiger partial charge in [-0.15, -0.1) is 0 Å². The standard InChI is InChI=1S/C6H11N3/c1-3-4-8-6(2)9-5-7/h3,5H,1,4H2,2H3,(H2,7,8,9)/p+1. The summed E-state index contributed by atoms with van der Waals surface area (Å²) in [5.41, 5.74) is 5.02. The maximum absolute atomic E-state index is 5.02. The Balaban J connectivity index is 3.68. The minimum atomic E-state index is 0.725. The Kier molecular flexibility index (Phi) is 4.40. The van der Waals surface area contributed by atoms with Crippen LogP contribution in [-0.2, 0) is 0 Å². The molecule has 0 fully saturated rings. The van der Waals surface area contributed by atoms with E-state index in [4.69, 9.17) is 5.73 Å². The van der Waals surface area contributed by atoms with Gasteiger partial charge in [-0.2, -0.15) is 0 Å². The van der Waals surface area contributed by atoms with Crippen molar-refractivity contribution in [3.63, 3.8) is 0 Å². The predicted octanol–water partition coefficient (Wildman–Crippen LogP) is -1.34. The van der Waals surface area contributed by atoms with Crippen LogP contribution in [0.15, 0.2) is 17.6 Å². The highest BCUT2D eigenvalue weighted by Gasteiger charge is 1.88. The van der Waals surface area contributed by atoms with Crippen molar-refractivity contribution < 1.29 is 4.99 Å². The molecule has 3 nitrogen and oxygen atoms in total. The largest absolute Gasteiger partial charge is 0.369 e. The summed E-state index contributed by atoms with van der Waals surface area (Å²) < 4.78 is 0. The normalized spacial score (nSPS) is 12.3. The van der Waals surface area contributed by atoms with Crippen LogP contribution in [0.2, 0.25) is 0 Å². The van der Waals surface area contributed by atoms with E-state index in [0.717, 1.165) is 12.4 Å².